The van der Waals surface area contributed by atoms with Gasteiger partial charge in [0.2, 0.25) is 11.7 Å². The number of nitrogens with one attached hydrogen (secondary N) is 1. The maximum Gasteiger partial charge on any atom is 0.240 e. The number of aromatic nitrogens is 4. The van der Waals surface area contributed by atoms with Crippen molar-refractivity contribution in [3.05, 3.63) is 54.2 Å². The van der Waals surface area contributed by atoms with Gasteiger partial charge >= 0.3 is 0 Å². The van der Waals surface area contributed by atoms with E-state index in [0.29, 0.717) is 18.3 Å². The Balaban J connectivity index is 1.58. The van der Waals surface area contributed by atoms with Gasteiger partial charge in [-0.2, -0.15) is 10.1 Å². The molecule has 0 aliphatic rings. The summed E-state index contributed by atoms with van der Waals surface area (Å²) >= 11 is 0. The van der Waals surface area contributed by atoms with Crippen LogP contribution in [-0.4, -0.2) is 26.0 Å². The van der Waals surface area contributed by atoms with E-state index >= 15 is 0 Å². The summed E-state index contributed by atoms with van der Waals surface area (Å²) in [5.41, 5.74) is 2.15. The molecule has 6 heteroatoms. The van der Waals surface area contributed by atoms with Crippen molar-refractivity contribution >= 4 is 0 Å². The van der Waals surface area contributed by atoms with Gasteiger partial charge in [-0.15, -0.1) is 0 Å². The molecule has 0 aliphatic heterocycles. The number of rotatable bonds is 6. The standard InChI is InChI=1S/C16H19N5O/c1-12-5-3-6-14(9-12)16-19-15(22-20-16)10-17-13(2)11-21-8-4-7-18-21/h3-9,13,17H,10-11H2,1-2H3/t13-/m1/s1. The molecule has 22 heavy (non-hydrogen) atoms. The van der Waals surface area contributed by atoms with Gasteiger partial charge < -0.3 is 9.84 Å². The molecule has 0 amide bonds. The molecule has 0 spiro atoms. The van der Waals surface area contributed by atoms with Crippen molar-refractivity contribution in [2.75, 3.05) is 0 Å². The Kier molecular flexibility index (Phi) is 4.29. The molecule has 0 unspecified atom stereocenters. The topological polar surface area (TPSA) is 68.8 Å². The second-order valence-electron chi connectivity index (χ2n) is 5.39. The zero-order valence-electron chi connectivity index (χ0n) is 12.7. The van der Waals surface area contributed by atoms with Gasteiger partial charge in [0.1, 0.15) is 0 Å². The molecule has 0 bridgehead atoms. The van der Waals surface area contributed by atoms with Crippen LogP contribution in [0.25, 0.3) is 11.4 Å². The highest BCUT2D eigenvalue weighted by molar-refractivity contribution is 5.55. The Morgan fingerprint density at radius 1 is 1.32 bits per heavy atom. The van der Waals surface area contributed by atoms with Crippen LogP contribution in [-0.2, 0) is 13.1 Å². The number of aryl methyl sites for hydroxylation is 1. The highest BCUT2D eigenvalue weighted by Gasteiger charge is 2.10. The van der Waals surface area contributed by atoms with Crippen LogP contribution in [0.5, 0.6) is 0 Å². The van der Waals surface area contributed by atoms with Gasteiger partial charge in [-0.25, -0.2) is 0 Å². The third-order valence-electron chi connectivity index (χ3n) is 3.37. The first kappa shape index (κ1) is 14.5. The Morgan fingerprint density at radius 3 is 3.00 bits per heavy atom. The molecule has 0 saturated heterocycles. The number of benzene rings is 1. The lowest BCUT2D eigenvalue weighted by Crippen LogP contribution is -2.30. The van der Waals surface area contributed by atoms with Gasteiger partial charge in [0.25, 0.3) is 0 Å². The number of hydrogen-bond acceptors (Lipinski definition) is 5. The first-order valence-electron chi connectivity index (χ1n) is 7.31. The Bertz CT molecular complexity index is 720. The number of hydrogen-bond donors (Lipinski definition) is 1. The Labute approximate surface area is 129 Å². The fourth-order valence-electron chi connectivity index (χ4n) is 2.24. The minimum atomic E-state index is 0.259. The normalized spacial score (nSPS) is 12.5. The monoisotopic (exact) mass is 297 g/mol. The van der Waals surface area contributed by atoms with E-state index in [1.807, 2.05) is 48.1 Å². The van der Waals surface area contributed by atoms with Crippen molar-refractivity contribution in [2.45, 2.75) is 33.0 Å². The van der Waals surface area contributed by atoms with Crippen LogP contribution in [0.1, 0.15) is 18.4 Å². The first-order chi connectivity index (χ1) is 10.7. The fraction of sp³-hybridized carbons (Fsp3) is 0.312. The third kappa shape index (κ3) is 3.59. The van der Waals surface area contributed by atoms with Gasteiger partial charge in [0.05, 0.1) is 13.1 Å². The zero-order chi connectivity index (χ0) is 15.4. The quantitative estimate of drug-likeness (QED) is 0.756. The van der Waals surface area contributed by atoms with Crippen LogP contribution in [0, 0.1) is 6.92 Å². The molecule has 1 N–H and O–H groups in total. The van der Waals surface area contributed by atoms with Crippen molar-refractivity contribution < 1.29 is 4.52 Å². The summed E-state index contributed by atoms with van der Waals surface area (Å²) < 4.78 is 7.19. The van der Waals surface area contributed by atoms with E-state index in [-0.39, 0.29) is 6.04 Å². The van der Waals surface area contributed by atoms with Crippen LogP contribution >= 0.6 is 0 Å². The molecule has 6 nitrogen and oxygen atoms in total. The van der Waals surface area contributed by atoms with E-state index in [4.69, 9.17) is 4.52 Å². The molecular formula is C16H19N5O. The van der Waals surface area contributed by atoms with Crippen LogP contribution in [0.15, 0.2) is 47.2 Å². The SMILES string of the molecule is Cc1cccc(-c2noc(CN[C@H](C)Cn3cccn3)n2)c1. The average Bonchev–Trinajstić information content (AvgIpc) is 3.16. The molecule has 1 atom stereocenters. The highest BCUT2D eigenvalue weighted by Crippen LogP contribution is 2.16. The summed E-state index contributed by atoms with van der Waals surface area (Å²) in [4.78, 5) is 4.43. The second kappa shape index (κ2) is 6.53. The highest BCUT2D eigenvalue weighted by atomic mass is 16.5. The Morgan fingerprint density at radius 2 is 2.23 bits per heavy atom. The smallest absolute Gasteiger partial charge is 0.240 e. The van der Waals surface area contributed by atoms with Gasteiger partial charge in [-0.1, -0.05) is 28.9 Å². The second-order valence-corrected chi connectivity index (χ2v) is 5.39. The van der Waals surface area contributed by atoms with Gasteiger partial charge in [0.15, 0.2) is 0 Å². The zero-order valence-corrected chi connectivity index (χ0v) is 12.7. The lowest BCUT2D eigenvalue weighted by Gasteiger charge is -2.11. The largest absolute Gasteiger partial charge is 0.338 e. The maximum absolute atomic E-state index is 5.30. The van der Waals surface area contributed by atoms with E-state index in [2.05, 4.69) is 27.5 Å². The van der Waals surface area contributed by atoms with E-state index < -0.39 is 0 Å². The van der Waals surface area contributed by atoms with E-state index in [0.717, 1.165) is 12.1 Å². The van der Waals surface area contributed by atoms with Crippen molar-refractivity contribution in [2.24, 2.45) is 0 Å². The summed E-state index contributed by atoms with van der Waals surface area (Å²) in [5.74, 6) is 1.21. The molecule has 0 radical (unpaired) electrons. The molecule has 114 valence electrons. The van der Waals surface area contributed by atoms with Crippen LogP contribution in [0.3, 0.4) is 0 Å². The molecular weight excluding hydrogens is 278 g/mol. The number of nitrogens with zero attached hydrogens (tertiary/aromatic N) is 4. The maximum atomic E-state index is 5.30. The fourth-order valence-corrected chi connectivity index (χ4v) is 2.24. The molecule has 2 heterocycles. The van der Waals surface area contributed by atoms with E-state index in [1.165, 1.54) is 5.56 Å². The van der Waals surface area contributed by atoms with Gasteiger partial charge in [0, 0.05) is 24.0 Å². The molecule has 2 aromatic heterocycles. The van der Waals surface area contributed by atoms with Gasteiger partial charge in [-0.3, -0.25) is 4.68 Å². The predicted molar refractivity (Wildman–Crippen MR) is 83.0 cm³/mol. The summed E-state index contributed by atoms with van der Waals surface area (Å²) in [5, 5.41) is 11.6. The first-order valence-corrected chi connectivity index (χ1v) is 7.31. The molecule has 0 saturated carbocycles. The lowest BCUT2D eigenvalue weighted by atomic mass is 10.1. The van der Waals surface area contributed by atoms with Crippen LogP contribution in [0.2, 0.25) is 0 Å². The third-order valence-corrected chi connectivity index (χ3v) is 3.37. The molecule has 0 fully saturated rings. The summed E-state index contributed by atoms with van der Waals surface area (Å²) in [6.07, 6.45) is 3.72. The molecule has 1 aromatic carbocycles. The minimum absolute atomic E-state index is 0.259. The van der Waals surface area contributed by atoms with Crippen molar-refractivity contribution in [1.29, 1.82) is 0 Å². The Hall–Kier alpha value is -2.47. The van der Waals surface area contributed by atoms with Crippen molar-refractivity contribution in [3.63, 3.8) is 0 Å². The summed E-state index contributed by atoms with van der Waals surface area (Å²) in [6, 6.07) is 10.2. The van der Waals surface area contributed by atoms with Crippen molar-refractivity contribution in [3.8, 4) is 11.4 Å². The predicted octanol–water partition coefficient (Wildman–Crippen LogP) is 2.42. The van der Waals surface area contributed by atoms with Crippen LogP contribution < -0.4 is 5.32 Å². The van der Waals surface area contributed by atoms with E-state index in [9.17, 15) is 0 Å². The van der Waals surface area contributed by atoms with Crippen molar-refractivity contribution in [1.82, 2.24) is 25.2 Å². The molecule has 3 rings (SSSR count). The van der Waals surface area contributed by atoms with Gasteiger partial charge in [-0.05, 0) is 26.0 Å². The lowest BCUT2D eigenvalue weighted by molar-refractivity contribution is 0.350. The average molecular weight is 297 g/mol. The van der Waals surface area contributed by atoms with E-state index in [1.54, 1.807) is 6.20 Å². The molecule has 3 aromatic rings. The summed E-state index contributed by atoms with van der Waals surface area (Å²) in [6.45, 7) is 5.48. The summed E-state index contributed by atoms with van der Waals surface area (Å²) in [7, 11) is 0. The molecule has 0 aliphatic carbocycles. The minimum Gasteiger partial charge on any atom is -0.338 e. The van der Waals surface area contributed by atoms with Crippen LogP contribution in [0.4, 0.5) is 0 Å².